The summed E-state index contributed by atoms with van der Waals surface area (Å²) in [5.74, 6) is 1.12. The minimum absolute atomic E-state index is 0.509. The molecule has 1 fully saturated rings. The number of ketones is 1. The highest BCUT2D eigenvalue weighted by atomic mass is 16.1. The van der Waals surface area contributed by atoms with E-state index in [4.69, 9.17) is 0 Å². The van der Waals surface area contributed by atoms with Crippen LogP contribution in [0, 0.1) is 5.92 Å². The van der Waals surface area contributed by atoms with E-state index < -0.39 is 0 Å². The standard InChI is InChI=1S/C17H32O/c1-16-13-11-9-7-5-3-2-4-6-8-10-12-14-17(18)15-16/h16H,2-15H2,1H3/t16-/m1/s1. The number of hydrogen-bond donors (Lipinski definition) is 0. The lowest BCUT2D eigenvalue weighted by Gasteiger charge is -2.11. The zero-order chi connectivity index (χ0) is 13.1. The smallest absolute Gasteiger partial charge is 0.133 e. The SMILES string of the molecule is C[C@@H]1CCCCCCCCCCCCCC(=O)C1. The lowest BCUT2D eigenvalue weighted by atomic mass is 9.94. The Balaban J connectivity index is 2.21. The Morgan fingerprint density at radius 1 is 0.722 bits per heavy atom. The molecule has 0 N–H and O–H groups in total. The topological polar surface area (TPSA) is 17.1 Å². The molecule has 0 saturated heterocycles. The molecular weight excluding hydrogens is 220 g/mol. The molecule has 0 heterocycles. The van der Waals surface area contributed by atoms with E-state index in [2.05, 4.69) is 6.92 Å². The fourth-order valence-electron chi connectivity index (χ4n) is 3.00. The van der Waals surface area contributed by atoms with Crippen molar-refractivity contribution in [3.05, 3.63) is 0 Å². The van der Waals surface area contributed by atoms with Crippen LogP contribution in [-0.4, -0.2) is 5.78 Å². The first-order valence-corrected chi connectivity index (χ1v) is 8.31. The van der Waals surface area contributed by atoms with E-state index in [9.17, 15) is 4.79 Å². The fraction of sp³-hybridized carbons (Fsp3) is 0.941. The number of carbonyl (C=O) groups is 1. The summed E-state index contributed by atoms with van der Waals surface area (Å²) < 4.78 is 0. The predicted octanol–water partition coefficient (Wildman–Crippen LogP) is 5.67. The molecule has 1 heteroatoms. The summed E-state index contributed by atoms with van der Waals surface area (Å²) in [6.45, 7) is 2.25. The zero-order valence-corrected chi connectivity index (χ0v) is 12.4. The van der Waals surface area contributed by atoms with Crippen LogP contribution in [0.3, 0.4) is 0 Å². The highest BCUT2D eigenvalue weighted by Crippen LogP contribution is 2.18. The van der Waals surface area contributed by atoms with Gasteiger partial charge in [-0.15, -0.1) is 0 Å². The van der Waals surface area contributed by atoms with E-state index in [0.29, 0.717) is 11.7 Å². The molecule has 106 valence electrons. The van der Waals surface area contributed by atoms with Gasteiger partial charge < -0.3 is 0 Å². The Bertz CT molecular complexity index is 210. The van der Waals surface area contributed by atoms with Gasteiger partial charge >= 0.3 is 0 Å². The second kappa shape index (κ2) is 10.6. The van der Waals surface area contributed by atoms with Crippen molar-refractivity contribution in [1.29, 1.82) is 0 Å². The number of Topliss-reactive ketones (excluding diaryl/α,β-unsaturated/α-hetero) is 1. The zero-order valence-electron chi connectivity index (χ0n) is 12.4. The molecule has 0 amide bonds. The van der Waals surface area contributed by atoms with Crippen molar-refractivity contribution in [3.63, 3.8) is 0 Å². The van der Waals surface area contributed by atoms with Crippen molar-refractivity contribution in [2.45, 2.75) is 96.8 Å². The van der Waals surface area contributed by atoms with Gasteiger partial charge in [-0.05, 0) is 12.3 Å². The highest BCUT2D eigenvalue weighted by Gasteiger charge is 2.09. The molecule has 1 rings (SSSR count). The maximum atomic E-state index is 11.8. The summed E-state index contributed by atoms with van der Waals surface area (Å²) in [7, 11) is 0. The van der Waals surface area contributed by atoms with Gasteiger partial charge in [0.1, 0.15) is 5.78 Å². The average Bonchev–Trinajstić information content (AvgIpc) is 2.33. The van der Waals surface area contributed by atoms with Gasteiger partial charge in [0, 0.05) is 12.8 Å². The van der Waals surface area contributed by atoms with E-state index >= 15 is 0 Å². The lowest BCUT2D eigenvalue weighted by molar-refractivity contribution is -0.120. The largest absolute Gasteiger partial charge is 0.300 e. The quantitative estimate of drug-likeness (QED) is 0.543. The van der Waals surface area contributed by atoms with Crippen molar-refractivity contribution in [1.82, 2.24) is 0 Å². The maximum Gasteiger partial charge on any atom is 0.133 e. The Hall–Kier alpha value is -0.330. The molecule has 0 aromatic carbocycles. The monoisotopic (exact) mass is 252 g/mol. The van der Waals surface area contributed by atoms with E-state index in [0.717, 1.165) is 19.3 Å². The lowest BCUT2D eigenvalue weighted by Crippen LogP contribution is -2.05. The first-order chi connectivity index (χ1) is 8.79. The Morgan fingerprint density at radius 3 is 1.72 bits per heavy atom. The fourth-order valence-corrected chi connectivity index (χ4v) is 3.00. The van der Waals surface area contributed by atoms with E-state index in [1.165, 1.54) is 70.6 Å². The van der Waals surface area contributed by atoms with Crippen molar-refractivity contribution < 1.29 is 4.79 Å². The number of carbonyl (C=O) groups excluding carboxylic acids is 1. The number of rotatable bonds is 0. The predicted molar refractivity (Wildman–Crippen MR) is 78.8 cm³/mol. The van der Waals surface area contributed by atoms with Crippen molar-refractivity contribution in [2.24, 2.45) is 5.92 Å². The van der Waals surface area contributed by atoms with E-state index in [1.54, 1.807) is 0 Å². The second-order valence-electron chi connectivity index (χ2n) is 6.28. The van der Waals surface area contributed by atoms with Gasteiger partial charge in [0.2, 0.25) is 0 Å². The van der Waals surface area contributed by atoms with Gasteiger partial charge in [-0.2, -0.15) is 0 Å². The summed E-state index contributed by atoms with van der Waals surface area (Å²) in [5.41, 5.74) is 0. The van der Waals surface area contributed by atoms with Gasteiger partial charge in [0.05, 0.1) is 0 Å². The van der Waals surface area contributed by atoms with E-state index in [-0.39, 0.29) is 0 Å². The summed E-state index contributed by atoms with van der Waals surface area (Å²) in [5, 5.41) is 0. The normalized spacial score (nSPS) is 26.9. The van der Waals surface area contributed by atoms with Crippen LogP contribution in [-0.2, 0) is 4.79 Å². The maximum absolute atomic E-state index is 11.8. The van der Waals surface area contributed by atoms with Crippen LogP contribution in [0.15, 0.2) is 0 Å². The minimum atomic E-state index is 0.509. The summed E-state index contributed by atoms with van der Waals surface area (Å²) in [4.78, 5) is 11.8. The molecule has 0 unspecified atom stereocenters. The van der Waals surface area contributed by atoms with Crippen molar-refractivity contribution in [3.8, 4) is 0 Å². The van der Waals surface area contributed by atoms with Crippen molar-refractivity contribution in [2.75, 3.05) is 0 Å². The van der Waals surface area contributed by atoms with Crippen LogP contribution in [0.25, 0.3) is 0 Å². The van der Waals surface area contributed by atoms with Crippen LogP contribution in [0.4, 0.5) is 0 Å². The third kappa shape index (κ3) is 8.72. The molecule has 1 atom stereocenters. The molecule has 0 radical (unpaired) electrons. The van der Waals surface area contributed by atoms with Crippen molar-refractivity contribution >= 4 is 5.78 Å². The third-order valence-electron chi connectivity index (χ3n) is 4.23. The summed E-state index contributed by atoms with van der Waals surface area (Å²) in [6.07, 6.45) is 17.8. The van der Waals surface area contributed by atoms with Gasteiger partial charge in [0.25, 0.3) is 0 Å². The van der Waals surface area contributed by atoms with Crippen LogP contribution in [0.1, 0.15) is 96.8 Å². The molecule has 1 aliphatic carbocycles. The first-order valence-electron chi connectivity index (χ1n) is 8.31. The first kappa shape index (κ1) is 15.7. The van der Waals surface area contributed by atoms with Crippen LogP contribution < -0.4 is 0 Å². The Labute approximate surface area is 114 Å². The average molecular weight is 252 g/mol. The third-order valence-corrected chi connectivity index (χ3v) is 4.23. The molecule has 0 aromatic rings. The molecule has 1 aliphatic rings. The second-order valence-corrected chi connectivity index (χ2v) is 6.28. The highest BCUT2D eigenvalue weighted by molar-refractivity contribution is 5.78. The molecular formula is C17H32O. The van der Waals surface area contributed by atoms with Crippen LogP contribution in [0.5, 0.6) is 0 Å². The Morgan fingerprint density at radius 2 is 1.17 bits per heavy atom. The van der Waals surface area contributed by atoms with Gasteiger partial charge in [-0.3, -0.25) is 4.79 Å². The molecule has 0 aromatic heterocycles. The summed E-state index contributed by atoms with van der Waals surface area (Å²) >= 11 is 0. The molecule has 0 aliphatic heterocycles. The van der Waals surface area contributed by atoms with Gasteiger partial charge in [-0.1, -0.05) is 77.6 Å². The molecule has 0 bridgehead atoms. The number of hydrogen-bond acceptors (Lipinski definition) is 1. The molecule has 18 heavy (non-hydrogen) atoms. The van der Waals surface area contributed by atoms with E-state index in [1.807, 2.05) is 0 Å². The minimum Gasteiger partial charge on any atom is -0.300 e. The van der Waals surface area contributed by atoms with Gasteiger partial charge in [-0.25, -0.2) is 0 Å². The van der Waals surface area contributed by atoms with Gasteiger partial charge in [0.15, 0.2) is 0 Å². The summed E-state index contributed by atoms with van der Waals surface area (Å²) in [6, 6.07) is 0. The molecule has 0 spiro atoms. The molecule has 1 nitrogen and oxygen atoms in total. The van der Waals surface area contributed by atoms with Crippen LogP contribution in [0.2, 0.25) is 0 Å². The Kier molecular flexibility index (Phi) is 9.24. The van der Waals surface area contributed by atoms with Crippen LogP contribution >= 0.6 is 0 Å². The molecule has 1 saturated carbocycles.